The van der Waals surface area contributed by atoms with Crippen LogP contribution in [0, 0.1) is 11.6 Å². The number of esters is 1. The average molecular weight is 345 g/mol. The number of pyridine rings is 1. The van der Waals surface area contributed by atoms with Crippen LogP contribution in [0.2, 0.25) is 0 Å². The van der Waals surface area contributed by atoms with Gasteiger partial charge in [0.1, 0.15) is 18.0 Å². The van der Waals surface area contributed by atoms with Crippen molar-refractivity contribution >= 4 is 5.97 Å². The van der Waals surface area contributed by atoms with E-state index < -0.39 is 17.6 Å². The minimum Gasteiger partial charge on any atom is -0.485 e. The van der Waals surface area contributed by atoms with Crippen LogP contribution in [-0.2, 0) is 11.3 Å². The SMILES string of the molecule is COC(=O)c1ncccc1OCc1ccn(-c2c(F)cccc2F)n1. The highest BCUT2D eigenvalue weighted by atomic mass is 19.1. The number of hydrogen-bond donors (Lipinski definition) is 0. The highest BCUT2D eigenvalue weighted by Crippen LogP contribution is 2.19. The zero-order valence-electron chi connectivity index (χ0n) is 13.1. The summed E-state index contributed by atoms with van der Waals surface area (Å²) in [7, 11) is 1.24. The lowest BCUT2D eigenvalue weighted by Crippen LogP contribution is -2.08. The van der Waals surface area contributed by atoms with E-state index in [0.717, 1.165) is 16.8 Å². The van der Waals surface area contributed by atoms with E-state index in [2.05, 4.69) is 14.8 Å². The molecule has 2 heterocycles. The Kier molecular flexibility index (Phi) is 4.69. The largest absolute Gasteiger partial charge is 0.485 e. The van der Waals surface area contributed by atoms with Gasteiger partial charge in [0, 0.05) is 12.4 Å². The number of nitrogens with zero attached hydrogens (tertiary/aromatic N) is 3. The number of benzene rings is 1. The van der Waals surface area contributed by atoms with Crippen molar-refractivity contribution in [3.8, 4) is 11.4 Å². The van der Waals surface area contributed by atoms with Crippen LogP contribution in [0.1, 0.15) is 16.2 Å². The van der Waals surface area contributed by atoms with Crippen molar-refractivity contribution in [3.05, 3.63) is 71.8 Å². The molecule has 8 heteroatoms. The molecule has 0 aliphatic carbocycles. The number of carbonyl (C=O) groups excluding carboxylic acids is 1. The molecule has 0 aliphatic heterocycles. The molecule has 0 amide bonds. The maximum Gasteiger partial charge on any atom is 0.360 e. The minimum atomic E-state index is -0.726. The number of aromatic nitrogens is 3. The number of carbonyl (C=O) groups is 1. The molecule has 0 saturated carbocycles. The Morgan fingerprint density at radius 1 is 1.16 bits per heavy atom. The molecule has 0 fully saturated rings. The fourth-order valence-electron chi connectivity index (χ4n) is 2.18. The lowest BCUT2D eigenvalue weighted by molar-refractivity contribution is 0.0588. The number of para-hydroxylation sites is 1. The highest BCUT2D eigenvalue weighted by Gasteiger charge is 2.16. The summed E-state index contributed by atoms with van der Waals surface area (Å²) in [5, 5.41) is 4.09. The number of ether oxygens (including phenoxy) is 2. The van der Waals surface area contributed by atoms with Crippen molar-refractivity contribution < 1.29 is 23.0 Å². The molecule has 1 aromatic carbocycles. The molecule has 2 aromatic heterocycles. The molecule has 25 heavy (non-hydrogen) atoms. The van der Waals surface area contributed by atoms with Crippen LogP contribution in [0.15, 0.2) is 48.8 Å². The van der Waals surface area contributed by atoms with Crippen LogP contribution < -0.4 is 4.74 Å². The first-order chi connectivity index (χ1) is 12.1. The third-order valence-corrected chi connectivity index (χ3v) is 3.34. The molecule has 3 aromatic rings. The van der Waals surface area contributed by atoms with E-state index in [1.165, 1.54) is 25.6 Å². The van der Waals surface area contributed by atoms with Gasteiger partial charge < -0.3 is 9.47 Å². The Morgan fingerprint density at radius 3 is 2.64 bits per heavy atom. The molecule has 0 N–H and O–H groups in total. The van der Waals surface area contributed by atoms with Gasteiger partial charge >= 0.3 is 5.97 Å². The minimum absolute atomic E-state index is 0.0151. The molecule has 0 unspecified atom stereocenters. The Labute approximate surface area is 141 Å². The third-order valence-electron chi connectivity index (χ3n) is 3.34. The quantitative estimate of drug-likeness (QED) is 0.665. The summed E-state index contributed by atoms with van der Waals surface area (Å²) >= 11 is 0. The Morgan fingerprint density at radius 2 is 1.92 bits per heavy atom. The van der Waals surface area contributed by atoms with Crippen LogP contribution in [0.3, 0.4) is 0 Å². The van der Waals surface area contributed by atoms with E-state index in [-0.39, 0.29) is 23.7 Å². The van der Waals surface area contributed by atoms with Gasteiger partial charge in [-0.2, -0.15) is 5.10 Å². The molecular weight excluding hydrogens is 332 g/mol. The summed E-state index contributed by atoms with van der Waals surface area (Å²) < 4.78 is 38.8. The fraction of sp³-hybridized carbons (Fsp3) is 0.118. The number of methoxy groups -OCH3 is 1. The predicted octanol–water partition coefficient (Wildman–Crippen LogP) is 2.91. The molecule has 0 spiro atoms. The zero-order chi connectivity index (χ0) is 17.8. The molecule has 0 atom stereocenters. The lowest BCUT2D eigenvalue weighted by Gasteiger charge is -2.08. The maximum absolute atomic E-state index is 13.8. The molecular formula is C17H13F2N3O3. The molecule has 0 bridgehead atoms. The van der Waals surface area contributed by atoms with Crippen molar-refractivity contribution in [2.75, 3.05) is 7.11 Å². The van der Waals surface area contributed by atoms with Crippen LogP contribution >= 0.6 is 0 Å². The number of hydrogen-bond acceptors (Lipinski definition) is 5. The first kappa shape index (κ1) is 16.6. The summed E-state index contributed by atoms with van der Waals surface area (Å²) in [6.07, 6.45) is 2.86. The Balaban J connectivity index is 1.79. The lowest BCUT2D eigenvalue weighted by atomic mass is 10.3. The third kappa shape index (κ3) is 3.47. The van der Waals surface area contributed by atoms with E-state index in [4.69, 9.17) is 4.74 Å². The summed E-state index contributed by atoms with van der Waals surface area (Å²) in [5.74, 6) is -1.86. The van der Waals surface area contributed by atoms with Crippen molar-refractivity contribution in [1.82, 2.24) is 14.8 Å². The number of halogens is 2. The van der Waals surface area contributed by atoms with E-state index >= 15 is 0 Å². The second kappa shape index (κ2) is 7.08. The van der Waals surface area contributed by atoms with Gasteiger partial charge in [0.15, 0.2) is 23.1 Å². The van der Waals surface area contributed by atoms with E-state index in [0.29, 0.717) is 5.69 Å². The molecule has 0 saturated heterocycles. The van der Waals surface area contributed by atoms with Crippen LogP contribution in [0.25, 0.3) is 5.69 Å². The van der Waals surface area contributed by atoms with Crippen molar-refractivity contribution in [2.24, 2.45) is 0 Å². The highest BCUT2D eigenvalue weighted by molar-refractivity contribution is 5.90. The molecule has 3 rings (SSSR count). The summed E-state index contributed by atoms with van der Waals surface area (Å²) in [5.41, 5.74) is 0.178. The van der Waals surface area contributed by atoms with Crippen molar-refractivity contribution in [1.29, 1.82) is 0 Å². The fourth-order valence-corrected chi connectivity index (χ4v) is 2.18. The average Bonchev–Trinajstić information content (AvgIpc) is 3.08. The monoisotopic (exact) mass is 345 g/mol. The van der Waals surface area contributed by atoms with E-state index in [1.807, 2.05) is 0 Å². The molecule has 0 radical (unpaired) electrons. The van der Waals surface area contributed by atoms with Crippen LogP contribution in [-0.4, -0.2) is 27.8 Å². The van der Waals surface area contributed by atoms with Gasteiger partial charge in [-0.15, -0.1) is 0 Å². The standard InChI is InChI=1S/C17H13F2N3O3/c1-24-17(23)15-14(6-3-8-20-15)25-10-11-7-9-22(21-11)16-12(18)4-2-5-13(16)19/h2-9H,10H2,1H3. The predicted molar refractivity (Wildman–Crippen MR) is 83.4 cm³/mol. The Bertz CT molecular complexity index is 891. The van der Waals surface area contributed by atoms with Gasteiger partial charge in [-0.1, -0.05) is 6.07 Å². The smallest absolute Gasteiger partial charge is 0.360 e. The van der Waals surface area contributed by atoms with E-state index in [9.17, 15) is 13.6 Å². The van der Waals surface area contributed by atoms with E-state index in [1.54, 1.807) is 18.2 Å². The molecule has 128 valence electrons. The van der Waals surface area contributed by atoms with Crippen LogP contribution in [0.4, 0.5) is 8.78 Å². The van der Waals surface area contributed by atoms with Gasteiger partial charge in [-0.05, 0) is 30.3 Å². The van der Waals surface area contributed by atoms with Crippen molar-refractivity contribution in [2.45, 2.75) is 6.61 Å². The molecule has 6 nitrogen and oxygen atoms in total. The first-order valence-corrected chi connectivity index (χ1v) is 7.25. The number of rotatable bonds is 5. The first-order valence-electron chi connectivity index (χ1n) is 7.25. The van der Waals surface area contributed by atoms with Gasteiger partial charge in [-0.3, -0.25) is 0 Å². The Hall–Kier alpha value is -3.29. The van der Waals surface area contributed by atoms with Gasteiger partial charge in [0.2, 0.25) is 0 Å². The topological polar surface area (TPSA) is 66.2 Å². The molecule has 0 aliphatic rings. The second-order valence-corrected chi connectivity index (χ2v) is 4.95. The normalized spacial score (nSPS) is 10.5. The summed E-state index contributed by atoms with van der Waals surface area (Å²) in [6.45, 7) is -0.0151. The van der Waals surface area contributed by atoms with Crippen molar-refractivity contribution in [3.63, 3.8) is 0 Å². The summed E-state index contributed by atoms with van der Waals surface area (Å²) in [4.78, 5) is 15.6. The van der Waals surface area contributed by atoms with Gasteiger partial charge in [-0.25, -0.2) is 23.2 Å². The summed E-state index contributed by atoms with van der Waals surface area (Å²) in [6, 6.07) is 8.30. The van der Waals surface area contributed by atoms with Crippen LogP contribution in [0.5, 0.6) is 5.75 Å². The maximum atomic E-state index is 13.8. The second-order valence-electron chi connectivity index (χ2n) is 4.95. The zero-order valence-corrected chi connectivity index (χ0v) is 13.1. The van der Waals surface area contributed by atoms with Gasteiger partial charge in [0.05, 0.1) is 7.11 Å². The van der Waals surface area contributed by atoms with Gasteiger partial charge in [0.25, 0.3) is 0 Å².